The molecule has 1 aliphatic heterocycles. The van der Waals surface area contributed by atoms with Crippen LogP contribution in [0.2, 0.25) is 0 Å². The van der Waals surface area contributed by atoms with Crippen molar-refractivity contribution in [3.63, 3.8) is 0 Å². The number of thiazole rings is 1. The summed E-state index contributed by atoms with van der Waals surface area (Å²) in [5.41, 5.74) is 0.482. The van der Waals surface area contributed by atoms with Gasteiger partial charge in [0.15, 0.2) is 5.82 Å². The summed E-state index contributed by atoms with van der Waals surface area (Å²) in [6, 6.07) is -0.324. The van der Waals surface area contributed by atoms with Gasteiger partial charge in [0.1, 0.15) is 11.7 Å². The van der Waals surface area contributed by atoms with E-state index < -0.39 is 0 Å². The van der Waals surface area contributed by atoms with Crippen LogP contribution < -0.4 is 0 Å². The molecule has 0 N–H and O–H groups in total. The summed E-state index contributed by atoms with van der Waals surface area (Å²) in [7, 11) is 0. The highest BCUT2D eigenvalue weighted by Crippen LogP contribution is 2.24. The average Bonchev–Trinajstić information content (AvgIpc) is 3.17. The maximum atomic E-state index is 12.7. The Morgan fingerprint density at radius 1 is 1.55 bits per heavy atom. The van der Waals surface area contributed by atoms with Crippen LogP contribution in [0, 0.1) is 5.92 Å². The molecule has 22 heavy (non-hydrogen) atoms. The molecule has 0 spiro atoms. The Balaban J connectivity index is 1.78. The first-order valence-corrected chi connectivity index (χ1v) is 8.12. The zero-order chi connectivity index (χ0) is 15.5. The van der Waals surface area contributed by atoms with Gasteiger partial charge in [-0.1, -0.05) is 19.0 Å². The van der Waals surface area contributed by atoms with Gasteiger partial charge in [-0.15, -0.1) is 11.3 Å². The van der Waals surface area contributed by atoms with Crippen molar-refractivity contribution < 1.29 is 14.1 Å². The third kappa shape index (κ3) is 3.17. The van der Waals surface area contributed by atoms with Crippen molar-refractivity contribution in [1.82, 2.24) is 20.0 Å². The van der Waals surface area contributed by atoms with Crippen molar-refractivity contribution in [1.29, 1.82) is 0 Å². The average molecular weight is 322 g/mol. The standard InChI is InChI=1S/C14H18N4O3S/c1-9(2)5-12-16-10(7-22-12)14(19)18-3-4-20-6-11(18)13-15-8-21-17-13/h7-9,11H,3-6H2,1-2H3. The van der Waals surface area contributed by atoms with E-state index in [9.17, 15) is 4.79 Å². The van der Waals surface area contributed by atoms with Crippen LogP contribution in [0.1, 0.15) is 41.2 Å². The van der Waals surface area contributed by atoms with Gasteiger partial charge >= 0.3 is 0 Å². The maximum Gasteiger partial charge on any atom is 0.274 e. The number of ether oxygens (including phenoxy) is 1. The molecule has 1 aliphatic rings. The second-order valence-electron chi connectivity index (χ2n) is 5.60. The maximum absolute atomic E-state index is 12.7. The topological polar surface area (TPSA) is 81.4 Å². The molecule has 8 heteroatoms. The summed E-state index contributed by atoms with van der Waals surface area (Å²) in [6.45, 7) is 5.64. The number of carbonyl (C=O) groups is 1. The molecule has 0 radical (unpaired) electrons. The Labute approximate surface area is 132 Å². The lowest BCUT2D eigenvalue weighted by molar-refractivity contribution is -0.00604. The van der Waals surface area contributed by atoms with Crippen molar-refractivity contribution in [3.05, 3.63) is 28.3 Å². The molecular formula is C14H18N4O3S. The molecular weight excluding hydrogens is 304 g/mol. The molecule has 0 aromatic carbocycles. The van der Waals surface area contributed by atoms with Gasteiger partial charge in [0.05, 0.1) is 18.2 Å². The van der Waals surface area contributed by atoms with Crippen LogP contribution in [0.25, 0.3) is 0 Å². The molecule has 2 aromatic rings. The molecule has 1 unspecified atom stereocenters. The fourth-order valence-corrected chi connectivity index (χ4v) is 3.37. The van der Waals surface area contributed by atoms with Crippen molar-refractivity contribution in [2.45, 2.75) is 26.3 Å². The predicted molar refractivity (Wildman–Crippen MR) is 79.6 cm³/mol. The first-order valence-electron chi connectivity index (χ1n) is 7.24. The number of hydrogen-bond acceptors (Lipinski definition) is 7. The van der Waals surface area contributed by atoms with E-state index in [1.54, 1.807) is 4.90 Å². The summed E-state index contributed by atoms with van der Waals surface area (Å²) >= 11 is 1.53. The highest BCUT2D eigenvalue weighted by molar-refractivity contribution is 7.09. The quantitative estimate of drug-likeness (QED) is 0.855. The molecule has 118 valence electrons. The summed E-state index contributed by atoms with van der Waals surface area (Å²) < 4.78 is 10.2. The van der Waals surface area contributed by atoms with Gasteiger partial charge in [-0.3, -0.25) is 4.79 Å². The highest BCUT2D eigenvalue weighted by atomic mass is 32.1. The van der Waals surface area contributed by atoms with E-state index in [1.165, 1.54) is 17.7 Å². The van der Waals surface area contributed by atoms with Gasteiger partial charge in [0.25, 0.3) is 5.91 Å². The lowest BCUT2D eigenvalue weighted by Gasteiger charge is -2.33. The lowest BCUT2D eigenvalue weighted by atomic mass is 10.1. The molecule has 1 atom stereocenters. The molecule has 1 fully saturated rings. The molecule has 0 bridgehead atoms. The minimum absolute atomic E-state index is 0.107. The molecule has 1 saturated heterocycles. The summed E-state index contributed by atoms with van der Waals surface area (Å²) in [5, 5.41) is 6.64. The van der Waals surface area contributed by atoms with Crippen LogP contribution in [0.4, 0.5) is 0 Å². The van der Waals surface area contributed by atoms with E-state index in [2.05, 4.69) is 29.0 Å². The van der Waals surface area contributed by atoms with Crippen molar-refractivity contribution in [2.75, 3.05) is 19.8 Å². The second-order valence-corrected chi connectivity index (χ2v) is 6.55. The van der Waals surface area contributed by atoms with Crippen LogP contribution in [-0.2, 0) is 11.2 Å². The Kier molecular flexibility index (Phi) is 4.49. The van der Waals surface area contributed by atoms with E-state index in [-0.39, 0.29) is 11.9 Å². The largest absolute Gasteiger partial charge is 0.377 e. The van der Waals surface area contributed by atoms with Gasteiger partial charge in [0.2, 0.25) is 6.39 Å². The molecule has 3 rings (SSSR count). The Bertz CT molecular complexity index is 626. The predicted octanol–water partition coefficient (Wildman–Crippen LogP) is 1.94. The minimum Gasteiger partial charge on any atom is -0.377 e. The van der Waals surface area contributed by atoms with Crippen molar-refractivity contribution in [3.8, 4) is 0 Å². The number of aromatic nitrogens is 3. The minimum atomic E-state index is -0.324. The van der Waals surface area contributed by atoms with E-state index >= 15 is 0 Å². The van der Waals surface area contributed by atoms with Gasteiger partial charge in [-0.05, 0) is 5.92 Å². The number of rotatable bonds is 4. The monoisotopic (exact) mass is 322 g/mol. The molecule has 2 aromatic heterocycles. The lowest BCUT2D eigenvalue weighted by Crippen LogP contribution is -2.44. The summed E-state index contributed by atoms with van der Waals surface area (Å²) in [5.74, 6) is 0.875. The number of carbonyl (C=O) groups excluding carboxylic acids is 1. The van der Waals surface area contributed by atoms with Crippen LogP contribution in [0.5, 0.6) is 0 Å². The number of morpholine rings is 1. The Morgan fingerprint density at radius 2 is 2.41 bits per heavy atom. The van der Waals surface area contributed by atoms with Crippen molar-refractivity contribution in [2.24, 2.45) is 5.92 Å². The Morgan fingerprint density at radius 3 is 3.14 bits per heavy atom. The van der Waals surface area contributed by atoms with E-state index in [4.69, 9.17) is 9.26 Å². The van der Waals surface area contributed by atoms with Crippen LogP contribution in [0.15, 0.2) is 16.3 Å². The zero-order valence-corrected chi connectivity index (χ0v) is 13.4. The second kappa shape index (κ2) is 6.53. The fourth-order valence-electron chi connectivity index (χ4n) is 2.39. The fraction of sp³-hybridized carbons (Fsp3) is 0.571. The molecule has 1 amide bonds. The highest BCUT2D eigenvalue weighted by Gasteiger charge is 2.33. The molecule has 0 aliphatic carbocycles. The van der Waals surface area contributed by atoms with E-state index in [1.807, 2.05) is 5.38 Å². The normalized spacial score (nSPS) is 18.9. The van der Waals surface area contributed by atoms with Gasteiger partial charge < -0.3 is 14.2 Å². The smallest absolute Gasteiger partial charge is 0.274 e. The zero-order valence-electron chi connectivity index (χ0n) is 12.6. The molecule has 7 nitrogen and oxygen atoms in total. The molecule has 3 heterocycles. The van der Waals surface area contributed by atoms with Crippen LogP contribution in [-0.4, -0.2) is 45.7 Å². The van der Waals surface area contributed by atoms with Crippen molar-refractivity contribution >= 4 is 17.2 Å². The van der Waals surface area contributed by atoms with E-state index in [0.717, 1.165) is 11.4 Å². The molecule has 0 saturated carbocycles. The third-order valence-corrected chi connectivity index (χ3v) is 4.29. The summed E-state index contributed by atoms with van der Waals surface area (Å²) in [6.07, 6.45) is 2.14. The number of amides is 1. The van der Waals surface area contributed by atoms with E-state index in [0.29, 0.717) is 37.2 Å². The number of hydrogen-bond donors (Lipinski definition) is 0. The van der Waals surface area contributed by atoms with Gasteiger partial charge in [-0.2, -0.15) is 4.98 Å². The number of nitrogens with zero attached hydrogens (tertiary/aromatic N) is 4. The Hall–Kier alpha value is -1.80. The first-order chi connectivity index (χ1) is 10.6. The summed E-state index contributed by atoms with van der Waals surface area (Å²) in [4.78, 5) is 22.9. The van der Waals surface area contributed by atoms with Gasteiger partial charge in [0, 0.05) is 18.3 Å². The first kappa shape index (κ1) is 15.1. The SMILES string of the molecule is CC(C)Cc1nc(C(=O)N2CCOCC2c2ncon2)cs1. The third-order valence-electron chi connectivity index (χ3n) is 3.42. The van der Waals surface area contributed by atoms with Gasteiger partial charge in [-0.25, -0.2) is 4.98 Å². The van der Waals surface area contributed by atoms with Crippen LogP contribution in [0.3, 0.4) is 0 Å². The van der Waals surface area contributed by atoms with Crippen LogP contribution >= 0.6 is 11.3 Å².